The standard InChI is InChI=1S/C17H21NO/c1-3-14-8-4-5-9-15(14)12-18-13-16-10-6-7-11-17(16)19-2/h4-11,18H,3,12-13H2,1-2H3. The third-order valence-electron chi connectivity index (χ3n) is 3.32. The van der Waals surface area contributed by atoms with E-state index in [1.807, 2.05) is 18.2 Å². The van der Waals surface area contributed by atoms with Crippen LogP contribution < -0.4 is 10.1 Å². The lowest BCUT2D eigenvalue weighted by atomic mass is 10.1. The Morgan fingerprint density at radius 1 is 0.842 bits per heavy atom. The van der Waals surface area contributed by atoms with Gasteiger partial charge < -0.3 is 10.1 Å². The van der Waals surface area contributed by atoms with Crippen LogP contribution in [0, 0.1) is 0 Å². The summed E-state index contributed by atoms with van der Waals surface area (Å²) >= 11 is 0. The van der Waals surface area contributed by atoms with E-state index in [0.717, 1.165) is 25.3 Å². The molecule has 2 nitrogen and oxygen atoms in total. The van der Waals surface area contributed by atoms with Gasteiger partial charge in [-0.2, -0.15) is 0 Å². The molecule has 0 aromatic heterocycles. The molecule has 2 rings (SSSR count). The predicted molar refractivity (Wildman–Crippen MR) is 79.4 cm³/mol. The number of methoxy groups -OCH3 is 1. The van der Waals surface area contributed by atoms with E-state index in [0.29, 0.717) is 0 Å². The fraction of sp³-hybridized carbons (Fsp3) is 0.294. The van der Waals surface area contributed by atoms with Crippen molar-refractivity contribution in [1.29, 1.82) is 0 Å². The minimum absolute atomic E-state index is 0.821. The first-order chi connectivity index (χ1) is 9.35. The molecule has 1 N–H and O–H groups in total. The average Bonchev–Trinajstić information content (AvgIpc) is 2.48. The van der Waals surface area contributed by atoms with E-state index in [9.17, 15) is 0 Å². The van der Waals surface area contributed by atoms with E-state index < -0.39 is 0 Å². The van der Waals surface area contributed by atoms with E-state index in [2.05, 4.69) is 42.6 Å². The van der Waals surface area contributed by atoms with Crippen molar-refractivity contribution in [2.45, 2.75) is 26.4 Å². The van der Waals surface area contributed by atoms with E-state index in [1.165, 1.54) is 16.7 Å². The van der Waals surface area contributed by atoms with Crippen molar-refractivity contribution < 1.29 is 4.74 Å². The molecule has 0 saturated heterocycles. The molecule has 0 radical (unpaired) electrons. The minimum atomic E-state index is 0.821. The maximum Gasteiger partial charge on any atom is 0.123 e. The summed E-state index contributed by atoms with van der Waals surface area (Å²) in [6, 6.07) is 16.7. The lowest BCUT2D eigenvalue weighted by Crippen LogP contribution is -2.14. The monoisotopic (exact) mass is 255 g/mol. The Kier molecular flexibility index (Phi) is 4.99. The second-order valence-electron chi connectivity index (χ2n) is 4.54. The number of ether oxygens (including phenoxy) is 1. The number of nitrogens with one attached hydrogen (secondary N) is 1. The third-order valence-corrected chi connectivity index (χ3v) is 3.32. The van der Waals surface area contributed by atoms with Gasteiger partial charge >= 0.3 is 0 Å². The minimum Gasteiger partial charge on any atom is -0.496 e. The Balaban J connectivity index is 1.96. The van der Waals surface area contributed by atoms with Crippen LogP contribution in [0.3, 0.4) is 0 Å². The Morgan fingerprint density at radius 3 is 2.11 bits per heavy atom. The van der Waals surface area contributed by atoms with Gasteiger partial charge in [0, 0.05) is 18.7 Å². The molecule has 0 aliphatic rings. The summed E-state index contributed by atoms with van der Waals surface area (Å²) < 4.78 is 5.35. The van der Waals surface area contributed by atoms with Gasteiger partial charge in [0.25, 0.3) is 0 Å². The number of hydrogen-bond donors (Lipinski definition) is 1. The maximum absolute atomic E-state index is 5.35. The van der Waals surface area contributed by atoms with Gasteiger partial charge in [0.1, 0.15) is 5.75 Å². The molecule has 0 aliphatic carbocycles. The average molecular weight is 255 g/mol. The van der Waals surface area contributed by atoms with Gasteiger partial charge in [0.2, 0.25) is 0 Å². The summed E-state index contributed by atoms with van der Waals surface area (Å²) in [5.74, 6) is 0.943. The van der Waals surface area contributed by atoms with Gasteiger partial charge in [-0.05, 0) is 23.6 Å². The number of hydrogen-bond acceptors (Lipinski definition) is 2. The fourth-order valence-corrected chi connectivity index (χ4v) is 2.26. The zero-order chi connectivity index (χ0) is 13.5. The summed E-state index contributed by atoms with van der Waals surface area (Å²) in [5, 5.41) is 3.49. The maximum atomic E-state index is 5.35. The number of benzene rings is 2. The molecule has 19 heavy (non-hydrogen) atoms. The molecule has 2 aromatic rings. The van der Waals surface area contributed by atoms with Crippen molar-refractivity contribution in [2.24, 2.45) is 0 Å². The first-order valence-electron chi connectivity index (χ1n) is 6.74. The Labute approximate surface area is 115 Å². The molecule has 2 heteroatoms. The summed E-state index contributed by atoms with van der Waals surface area (Å²) in [4.78, 5) is 0. The molecule has 0 atom stereocenters. The van der Waals surface area contributed by atoms with Crippen molar-refractivity contribution in [1.82, 2.24) is 5.32 Å². The molecule has 0 spiro atoms. The second kappa shape index (κ2) is 6.95. The molecule has 0 aliphatic heterocycles. The number of aryl methyl sites for hydroxylation is 1. The molecule has 100 valence electrons. The van der Waals surface area contributed by atoms with E-state index in [1.54, 1.807) is 7.11 Å². The first-order valence-corrected chi connectivity index (χ1v) is 6.74. The Morgan fingerprint density at radius 2 is 1.42 bits per heavy atom. The largest absolute Gasteiger partial charge is 0.496 e. The third kappa shape index (κ3) is 3.58. The van der Waals surface area contributed by atoms with Crippen LogP contribution in [-0.2, 0) is 19.5 Å². The van der Waals surface area contributed by atoms with Crippen LogP contribution in [0.4, 0.5) is 0 Å². The summed E-state index contributed by atoms with van der Waals surface area (Å²) in [7, 11) is 1.71. The highest BCUT2D eigenvalue weighted by atomic mass is 16.5. The molecular weight excluding hydrogens is 234 g/mol. The van der Waals surface area contributed by atoms with Gasteiger partial charge in [0.15, 0.2) is 0 Å². The van der Waals surface area contributed by atoms with Crippen molar-refractivity contribution in [3.05, 3.63) is 65.2 Å². The Bertz CT molecular complexity index is 475. The highest BCUT2D eigenvalue weighted by Crippen LogP contribution is 2.17. The smallest absolute Gasteiger partial charge is 0.123 e. The first kappa shape index (κ1) is 13.6. The van der Waals surface area contributed by atoms with Crippen LogP contribution in [0.2, 0.25) is 0 Å². The van der Waals surface area contributed by atoms with E-state index >= 15 is 0 Å². The highest BCUT2D eigenvalue weighted by molar-refractivity contribution is 5.33. The molecule has 0 unspecified atom stereocenters. The molecular formula is C17H21NO. The van der Waals surface area contributed by atoms with E-state index in [-0.39, 0.29) is 0 Å². The SMILES string of the molecule is CCc1ccccc1CNCc1ccccc1OC. The lowest BCUT2D eigenvalue weighted by molar-refractivity contribution is 0.407. The number of rotatable bonds is 6. The van der Waals surface area contributed by atoms with Crippen molar-refractivity contribution >= 4 is 0 Å². The quantitative estimate of drug-likeness (QED) is 0.852. The molecule has 2 aromatic carbocycles. The second-order valence-corrected chi connectivity index (χ2v) is 4.54. The van der Waals surface area contributed by atoms with Crippen molar-refractivity contribution in [3.63, 3.8) is 0 Å². The van der Waals surface area contributed by atoms with Crippen LogP contribution >= 0.6 is 0 Å². The molecule has 0 fully saturated rings. The van der Waals surface area contributed by atoms with Crippen LogP contribution in [0.25, 0.3) is 0 Å². The van der Waals surface area contributed by atoms with Gasteiger partial charge in [-0.1, -0.05) is 49.4 Å². The van der Waals surface area contributed by atoms with Crippen LogP contribution in [0.5, 0.6) is 5.75 Å². The molecule has 0 heterocycles. The predicted octanol–water partition coefficient (Wildman–Crippen LogP) is 3.55. The van der Waals surface area contributed by atoms with Crippen molar-refractivity contribution in [3.8, 4) is 5.75 Å². The van der Waals surface area contributed by atoms with Gasteiger partial charge in [-0.15, -0.1) is 0 Å². The van der Waals surface area contributed by atoms with Gasteiger partial charge in [-0.25, -0.2) is 0 Å². The normalized spacial score (nSPS) is 10.4. The zero-order valence-corrected chi connectivity index (χ0v) is 11.6. The molecule has 0 saturated carbocycles. The van der Waals surface area contributed by atoms with Crippen LogP contribution in [-0.4, -0.2) is 7.11 Å². The van der Waals surface area contributed by atoms with Crippen molar-refractivity contribution in [2.75, 3.05) is 7.11 Å². The van der Waals surface area contributed by atoms with E-state index in [4.69, 9.17) is 4.74 Å². The van der Waals surface area contributed by atoms with Gasteiger partial charge in [-0.3, -0.25) is 0 Å². The van der Waals surface area contributed by atoms with Gasteiger partial charge in [0.05, 0.1) is 7.11 Å². The fourth-order valence-electron chi connectivity index (χ4n) is 2.26. The summed E-state index contributed by atoms with van der Waals surface area (Å²) in [6.45, 7) is 3.91. The lowest BCUT2D eigenvalue weighted by Gasteiger charge is -2.11. The zero-order valence-electron chi connectivity index (χ0n) is 11.6. The van der Waals surface area contributed by atoms with Crippen LogP contribution in [0.1, 0.15) is 23.6 Å². The Hall–Kier alpha value is -1.80. The summed E-state index contributed by atoms with van der Waals surface area (Å²) in [5.41, 5.74) is 3.98. The highest BCUT2D eigenvalue weighted by Gasteiger charge is 2.02. The topological polar surface area (TPSA) is 21.3 Å². The summed E-state index contributed by atoms with van der Waals surface area (Å²) in [6.07, 6.45) is 1.08. The molecule has 0 bridgehead atoms. The van der Waals surface area contributed by atoms with Crippen LogP contribution in [0.15, 0.2) is 48.5 Å². The molecule has 0 amide bonds. The number of para-hydroxylation sites is 1.